The molecule has 21 heavy (non-hydrogen) atoms. The van der Waals surface area contributed by atoms with Crippen molar-refractivity contribution in [2.45, 2.75) is 6.54 Å². The molecule has 106 valence electrons. The third-order valence-corrected chi connectivity index (χ3v) is 3.24. The summed E-state index contributed by atoms with van der Waals surface area (Å²) in [4.78, 5) is 0. The van der Waals surface area contributed by atoms with Gasteiger partial charge >= 0.3 is 0 Å². The second-order valence-corrected chi connectivity index (χ2v) is 4.71. The van der Waals surface area contributed by atoms with Crippen molar-refractivity contribution in [1.29, 1.82) is 0 Å². The Hall–Kier alpha value is -2.75. The third kappa shape index (κ3) is 3.23. The van der Waals surface area contributed by atoms with Gasteiger partial charge in [0, 0.05) is 24.0 Å². The Morgan fingerprint density at radius 1 is 1.05 bits per heavy atom. The molecule has 3 rings (SSSR count). The van der Waals surface area contributed by atoms with E-state index in [2.05, 4.69) is 10.4 Å². The summed E-state index contributed by atoms with van der Waals surface area (Å²) in [6, 6.07) is 18.0. The van der Waals surface area contributed by atoms with Crippen molar-refractivity contribution in [2.24, 2.45) is 0 Å². The molecule has 0 aliphatic heterocycles. The SMILES string of the molecule is COc1ccc(NCc2cnn(-c3ccccc3)c2)cc1. The number of anilines is 1. The van der Waals surface area contributed by atoms with Gasteiger partial charge < -0.3 is 10.1 Å². The van der Waals surface area contributed by atoms with Crippen LogP contribution in [-0.4, -0.2) is 16.9 Å². The number of hydrogen-bond acceptors (Lipinski definition) is 3. The van der Waals surface area contributed by atoms with E-state index in [1.54, 1.807) is 7.11 Å². The summed E-state index contributed by atoms with van der Waals surface area (Å²) in [7, 11) is 1.67. The molecule has 0 aliphatic rings. The zero-order valence-electron chi connectivity index (χ0n) is 11.9. The molecule has 0 saturated carbocycles. The second-order valence-electron chi connectivity index (χ2n) is 4.71. The van der Waals surface area contributed by atoms with Crippen LogP contribution in [0.3, 0.4) is 0 Å². The highest BCUT2D eigenvalue weighted by Gasteiger charge is 2.01. The average Bonchev–Trinajstić information content (AvgIpc) is 3.03. The Morgan fingerprint density at radius 3 is 2.52 bits per heavy atom. The number of nitrogens with zero attached hydrogens (tertiary/aromatic N) is 2. The lowest BCUT2D eigenvalue weighted by molar-refractivity contribution is 0.415. The summed E-state index contributed by atoms with van der Waals surface area (Å²) < 4.78 is 7.02. The van der Waals surface area contributed by atoms with Crippen LogP contribution in [0.15, 0.2) is 67.0 Å². The van der Waals surface area contributed by atoms with Crippen LogP contribution in [0.25, 0.3) is 5.69 Å². The highest BCUT2D eigenvalue weighted by Crippen LogP contribution is 2.16. The van der Waals surface area contributed by atoms with E-state index in [4.69, 9.17) is 4.74 Å². The highest BCUT2D eigenvalue weighted by molar-refractivity contribution is 5.46. The minimum atomic E-state index is 0.735. The third-order valence-electron chi connectivity index (χ3n) is 3.24. The molecule has 1 aromatic heterocycles. The quantitative estimate of drug-likeness (QED) is 0.777. The lowest BCUT2D eigenvalue weighted by atomic mass is 10.3. The summed E-state index contributed by atoms with van der Waals surface area (Å²) in [6.45, 7) is 0.735. The molecule has 0 bridgehead atoms. The molecule has 0 unspecified atom stereocenters. The van der Waals surface area contributed by atoms with Crippen LogP contribution >= 0.6 is 0 Å². The van der Waals surface area contributed by atoms with E-state index in [1.807, 2.05) is 71.7 Å². The van der Waals surface area contributed by atoms with E-state index in [1.165, 1.54) is 0 Å². The average molecular weight is 279 g/mol. The molecule has 0 radical (unpaired) electrons. The first-order chi connectivity index (χ1) is 10.3. The van der Waals surface area contributed by atoms with Crippen LogP contribution in [0.5, 0.6) is 5.75 Å². The van der Waals surface area contributed by atoms with Gasteiger partial charge in [-0.1, -0.05) is 18.2 Å². The van der Waals surface area contributed by atoms with E-state index >= 15 is 0 Å². The number of para-hydroxylation sites is 1. The molecule has 4 heteroatoms. The maximum Gasteiger partial charge on any atom is 0.119 e. The maximum absolute atomic E-state index is 5.14. The predicted molar refractivity (Wildman–Crippen MR) is 83.9 cm³/mol. The molecule has 1 N–H and O–H groups in total. The van der Waals surface area contributed by atoms with Gasteiger partial charge in [0.15, 0.2) is 0 Å². The number of benzene rings is 2. The minimum Gasteiger partial charge on any atom is -0.497 e. The molecule has 3 aromatic rings. The Balaban J connectivity index is 1.64. The van der Waals surface area contributed by atoms with E-state index in [9.17, 15) is 0 Å². The lowest BCUT2D eigenvalue weighted by Crippen LogP contribution is -1.98. The summed E-state index contributed by atoms with van der Waals surface area (Å²) in [6.07, 6.45) is 3.91. The van der Waals surface area contributed by atoms with Gasteiger partial charge in [-0.3, -0.25) is 0 Å². The van der Waals surface area contributed by atoms with Crippen LogP contribution in [0.4, 0.5) is 5.69 Å². The fourth-order valence-corrected chi connectivity index (χ4v) is 2.09. The molecule has 0 spiro atoms. The first-order valence-electron chi connectivity index (χ1n) is 6.82. The van der Waals surface area contributed by atoms with Gasteiger partial charge in [-0.05, 0) is 36.4 Å². The van der Waals surface area contributed by atoms with Gasteiger partial charge in [-0.25, -0.2) is 4.68 Å². The van der Waals surface area contributed by atoms with E-state index in [-0.39, 0.29) is 0 Å². The molecule has 0 saturated heterocycles. The predicted octanol–water partition coefficient (Wildman–Crippen LogP) is 3.49. The highest BCUT2D eigenvalue weighted by atomic mass is 16.5. The van der Waals surface area contributed by atoms with Crippen molar-refractivity contribution in [3.05, 3.63) is 72.6 Å². The van der Waals surface area contributed by atoms with E-state index in [0.717, 1.165) is 29.2 Å². The number of aromatic nitrogens is 2. The Morgan fingerprint density at radius 2 is 1.81 bits per heavy atom. The first kappa shape index (κ1) is 13.2. The van der Waals surface area contributed by atoms with Crippen molar-refractivity contribution in [1.82, 2.24) is 9.78 Å². The van der Waals surface area contributed by atoms with Crippen LogP contribution in [0, 0.1) is 0 Å². The Kier molecular flexibility index (Phi) is 3.87. The zero-order chi connectivity index (χ0) is 14.5. The minimum absolute atomic E-state index is 0.735. The first-order valence-corrected chi connectivity index (χ1v) is 6.82. The molecule has 0 atom stereocenters. The molecular weight excluding hydrogens is 262 g/mol. The van der Waals surface area contributed by atoms with Crippen LogP contribution in [0.2, 0.25) is 0 Å². The van der Waals surface area contributed by atoms with Crippen molar-refractivity contribution in [3.8, 4) is 11.4 Å². The van der Waals surface area contributed by atoms with E-state index in [0.29, 0.717) is 0 Å². The normalized spacial score (nSPS) is 10.3. The van der Waals surface area contributed by atoms with Crippen molar-refractivity contribution < 1.29 is 4.74 Å². The van der Waals surface area contributed by atoms with Crippen LogP contribution < -0.4 is 10.1 Å². The summed E-state index contributed by atoms with van der Waals surface area (Å²) in [5.74, 6) is 0.859. The van der Waals surface area contributed by atoms with Crippen LogP contribution in [0.1, 0.15) is 5.56 Å². The number of rotatable bonds is 5. The Bertz CT molecular complexity index is 690. The van der Waals surface area contributed by atoms with Crippen LogP contribution in [-0.2, 0) is 6.54 Å². The van der Waals surface area contributed by atoms with Gasteiger partial charge in [0.2, 0.25) is 0 Å². The smallest absolute Gasteiger partial charge is 0.119 e. The molecule has 0 aliphatic carbocycles. The van der Waals surface area contributed by atoms with Gasteiger partial charge in [0.25, 0.3) is 0 Å². The standard InChI is InChI=1S/C17H17N3O/c1-21-17-9-7-15(8-10-17)18-11-14-12-19-20(13-14)16-5-3-2-4-6-16/h2-10,12-13,18H,11H2,1H3. The van der Waals surface area contributed by atoms with Crippen molar-refractivity contribution >= 4 is 5.69 Å². The second kappa shape index (κ2) is 6.13. The molecule has 1 heterocycles. The van der Waals surface area contributed by atoms with Crippen molar-refractivity contribution in [2.75, 3.05) is 12.4 Å². The molecule has 4 nitrogen and oxygen atoms in total. The van der Waals surface area contributed by atoms with Gasteiger partial charge in [-0.2, -0.15) is 5.10 Å². The maximum atomic E-state index is 5.14. The fraction of sp³-hybridized carbons (Fsp3) is 0.118. The van der Waals surface area contributed by atoms with E-state index < -0.39 is 0 Å². The number of nitrogens with one attached hydrogen (secondary N) is 1. The molecular formula is C17H17N3O. The number of ether oxygens (including phenoxy) is 1. The van der Waals surface area contributed by atoms with Gasteiger partial charge in [-0.15, -0.1) is 0 Å². The van der Waals surface area contributed by atoms with Gasteiger partial charge in [0.1, 0.15) is 5.75 Å². The number of hydrogen-bond donors (Lipinski definition) is 1. The zero-order valence-corrected chi connectivity index (χ0v) is 11.9. The monoisotopic (exact) mass is 279 g/mol. The van der Waals surface area contributed by atoms with Gasteiger partial charge in [0.05, 0.1) is 19.0 Å². The summed E-state index contributed by atoms with van der Waals surface area (Å²) in [5.41, 5.74) is 3.26. The number of methoxy groups -OCH3 is 1. The summed E-state index contributed by atoms with van der Waals surface area (Å²) in [5, 5.41) is 7.75. The summed E-state index contributed by atoms with van der Waals surface area (Å²) >= 11 is 0. The lowest BCUT2D eigenvalue weighted by Gasteiger charge is -2.05. The topological polar surface area (TPSA) is 39.1 Å². The molecule has 0 fully saturated rings. The molecule has 2 aromatic carbocycles. The fourth-order valence-electron chi connectivity index (χ4n) is 2.09. The largest absolute Gasteiger partial charge is 0.497 e. The Labute approximate surface area is 124 Å². The molecule has 0 amide bonds. The van der Waals surface area contributed by atoms with Crippen molar-refractivity contribution in [3.63, 3.8) is 0 Å².